The summed E-state index contributed by atoms with van der Waals surface area (Å²) in [6, 6.07) is 11.2. The van der Waals surface area contributed by atoms with Crippen LogP contribution in [0.3, 0.4) is 0 Å². The summed E-state index contributed by atoms with van der Waals surface area (Å²) in [5.41, 5.74) is 0.473. The molecular weight excluding hydrogens is 401 g/mol. The number of nitrogens with zero attached hydrogens (tertiary/aromatic N) is 6. The lowest BCUT2D eigenvalue weighted by atomic mass is 9.97. The molecule has 0 unspecified atom stereocenters. The van der Waals surface area contributed by atoms with Gasteiger partial charge in [-0.05, 0) is 49.2 Å². The maximum Gasteiger partial charge on any atom is 0.453 e. The number of benzene rings is 1. The Morgan fingerprint density at radius 1 is 1.10 bits per heavy atom. The zero-order chi connectivity index (χ0) is 21.3. The standard InChI is InChI=1S/C19H15F3N6O2/c20-19(21,22)18-25-24-15-5-6-16(26-28(15)18)27-9-7-13(8-10-27)17(29)30-14-3-1-12(11-23)2-4-14/h1-6,13H,7-10H2. The van der Waals surface area contributed by atoms with Crippen LogP contribution in [0.1, 0.15) is 24.2 Å². The lowest BCUT2D eigenvalue weighted by Crippen LogP contribution is -2.38. The molecule has 1 aromatic carbocycles. The van der Waals surface area contributed by atoms with Crippen molar-refractivity contribution in [3.05, 3.63) is 47.8 Å². The van der Waals surface area contributed by atoms with Crippen molar-refractivity contribution in [3.8, 4) is 11.8 Å². The summed E-state index contributed by atoms with van der Waals surface area (Å²) >= 11 is 0. The summed E-state index contributed by atoms with van der Waals surface area (Å²) < 4.78 is 45.2. The molecule has 1 aliphatic heterocycles. The van der Waals surface area contributed by atoms with Crippen LogP contribution < -0.4 is 9.64 Å². The minimum Gasteiger partial charge on any atom is -0.426 e. The van der Waals surface area contributed by atoms with Crippen molar-refractivity contribution in [1.82, 2.24) is 19.8 Å². The van der Waals surface area contributed by atoms with Crippen molar-refractivity contribution in [2.24, 2.45) is 5.92 Å². The largest absolute Gasteiger partial charge is 0.453 e. The molecule has 8 nitrogen and oxygen atoms in total. The first-order chi connectivity index (χ1) is 14.3. The highest BCUT2D eigenvalue weighted by atomic mass is 19.4. The Morgan fingerprint density at radius 2 is 1.80 bits per heavy atom. The number of aromatic nitrogens is 4. The van der Waals surface area contributed by atoms with E-state index in [0.29, 0.717) is 47.6 Å². The molecule has 0 bridgehead atoms. The second kappa shape index (κ2) is 7.62. The van der Waals surface area contributed by atoms with Crippen molar-refractivity contribution in [1.29, 1.82) is 5.26 Å². The van der Waals surface area contributed by atoms with Crippen LogP contribution in [-0.4, -0.2) is 38.9 Å². The number of carbonyl (C=O) groups excluding carboxylic acids is 1. The van der Waals surface area contributed by atoms with Crippen LogP contribution in [0.4, 0.5) is 19.0 Å². The molecule has 3 heterocycles. The zero-order valence-electron chi connectivity index (χ0n) is 15.5. The molecule has 30 heavy (non-hydrogen) atoms. The van der Waals surface area contributed by atoms with E-state index in [0.717, 1.165) is 0 Å². The van der Waals surface area contributed by atoms with Gasteiger partial charge >= 0.3 is 12.1 Å². The molecule has 2 aromatic heterocycles. The smallest absolute Gasteiger partial charge is 0.426 e. The van der Waals surface area contributed by atoms with E-state index >= 15 is 0 Å². The third kappa shape index (κ3) is 3.89. The van der Waals surface area contributed by atoms with Crippen LogP contribution in [0, 0.1) is 17.2 Å². The highest BCUT2D eigenvalue weighted by molar-refractivity contribution is 5.75. The number of piperidine rings is 1. The van der Waals surface area contributed by atoms with E-state index in [2.05, 4.69) is 15.3 Å². The first-order valence-electron chi connectivity index (χ1n) is 9.11. The molecule has 3 aromatic rings. The molecule has 0 atom stereocenters. The third-order valence-electron chi connectivity index (χ3n) is 4.86. The molecule has 1 fully saturated rings. The molecule has 0 saturated carbocycles. The summed E-state index contributed by atoms with van der Waals surface area (Å²) in [7, 11) is 0. The molecule has 0 N–H and O–H groups in total. The minimum absolute atomic E-state index is 0.00644. The number of rotatable bonds is 3. The van der Waals surface area contributed by atoms with Gasteiger partial charge in [-0.2, -0.15) is 22.9 Å². The topological polar surface area (TPSA) is 96.4 Å². The highest BCUT2D eigenvalue weighted by Gasteiger charge is 2.38. The fourth-order valence-electron chi connectivity index (χ4n) is 3.27. The second-order valence-corrected chi connectivity index (χ2v) is 6.80. The van der Waals surface area contributed by atoms with Crippen LogP contribution in [-0.2, 0) is 11.0 Å². The lowest BCUT2D eigenvalue weighted by molar-refractivity contribution is -0.146. The number of ether oxygens (including phenoxy) is 1. The Morgan fingerprint density at radius 3 is 2.43 bits per heavy atom. The van der Waals surface area contributed by atoms with Crippen molar-refractivity contribution >= 4 is 17.4 Å². The number of hydrogen-bond donors (Lipinski definition) is 0. The molecule has 0 amide bonds. The molecule has 0 aliphatic carbocycles. The van der Waals surface area contributed by atoms with Gasteiger partial charge in [0.1, 0.15) is 11.6 Å². The Labute approximate surface area is 168 Å². The summed E-state index contributed by atoms with van der Waals surface area (Å²) in [5.74, 6) is -1.17. The normalized spacial score (nSPS) is 15.2. The fourth-order valence-corrected chi connectivity index (χ4v) is 3.27. The first-order valence-corrected chi connectivity index (χ1v) is 9.11. The van der Waals surface area contributed by atoms with E-state index in [4.69, 9.17) is 10.00 Å². The number of alkyl halides is 3. The van der Waals surface area contributed by atoms with Crippen LogP contribution in [0.25, 0.3) is 5.65 Å². The molecule has 0 radical (unpaired) electrons. The van der Waals surface area contributed by atoms with Gasteiger partial charge in [0.2, 0.25) is 0 Å². The Hall–Kier alpha value is -3.68. The molecule has 0 spiro atoms. The van der Waals surface area contributed by atoms with Crippen LogP contribution in [0.2, 0.25) is 0 Å². The van der Waals surface area contributed by atoms with Crippen molar-refractivity contribution in [2.75, 3.05) is 18.0 Å². The fraction of sp³-hybridized carbons (Fsp3) is 0.316. The van der Waals surface area contributed by atoms with Crippen molar-refractivity contribution in [2.45, 2.75) is 19.0 Å². The maximum absolute atomic E-state index is 13.0. The molecule has 1 aliphatic rings. The number of esters is 1. The van der Waals surface area contributed by atoms with E-state index in [1.54, 1.807) is 30.3 Å². The zero-order valence-corrected chi connectivity index (χ0v) is 15.5. The molecule has 154 valence electrons. The van der Waals surface area contributed by atoms with E-state index in [1.807, 2.05) is 11.0 Å². The number of anilines is 1. The Balaban J connectivity index is 1.41. The number of nitriles is 1. The molecule has 1 saturated heterocycles. The lowest BCUT2D eigenvalue weighted by Gasteiger charge is -2.31. The second-order valence-electron chi connectivity index (χ2n) is 6.80. The van der Waals surface area contributed by atoms with Gasteiger partial charge in [-0.1, -0.05) is 0 Å². The quantitative estimate of drug-likeness (QED) is 0.478. The first kappa shape index (κ1) is 19.6. The minimum atomic E-state index is -4.66. The van der Waals surface area contributed by atoms with E-state index < -0.39 is 12.0 Å². The summed E-state index contributed by atoms with van der Waals surface area (Å²) in [4.78, 5) is 14.2. The van der Waals surface area contributed by atoms with E-state index in [1.165, 1.54) is 6.07 Å². The number of fused-ring (bicyclic) bond motifs is 1. The molecule has 11 heteroatoms. The van der Waals surface area contributed by atoms with Gasteiger partial charge < -0.3 is 9.64 Å². The Bertz CT molecular complexity index is 1110. The monoisotopic (exact) mass is 416 g/mol. The Kier molecular flexibility index (Phi) is 4.99. The van der Waals surface area contributed by atoms with Crippen molar-refractivity contribution in [3.63, 3.8) is 0 Å². The van der Waals surface area contributed by atoms with Gasteiger partial charge in [-0.3, -0.25) is 4.79 Å². The van der Waals surface area contributed by atoms with Gasteiger partial charge in [0, 0.05) is 13.1 Å². The SMILES string of the molecule is N#Cc1ccc(OC(=O)C2CCN(c3ccc4nnc(C(F)(F)F)n4n3)CC2)cc1. The molecular formula is C19H15F3N6O2. The predicted molar refractivity (Wildman–Crippen MR) is 97.5 cm³/mol. The van der Waals surface area contributed by atoms with Gasteiger partial charge in [0.25, 0.3) is 5.82 Å². The predicted octanol–water partition coefficient (Wildman–Crippen LogP) is 2.84. The molecule has 4 rings (SSSR count). The van der Waals surface area contributed by atoms with Crippen LogP contribution >= 0.6 is 0 Å². The van der Waals surface area contributed by atoms with Crippen molar-refractivity contribution < 1.29 is 22.7 Å². The van der Waals surface area contributed by atoms with Gasteiger partial charge in [0.05, 0.1) is 17.6 Å². The van der Waals surface area contributed by atoms with E-state index in [9.17, 15) is 18.0 Å². The van der Waals surface area contributed by atoms with Crippen LogP contribution in [0.5, 0.6) is 5.75 Å². The summed E-state index contributed by atoms with van der Waals surface area (Å²) in [6.45, 7) is 0.879. The summed E-state index contributed by atoms with van der Waals surface area (Å²) in [5, 5.41) is 19.5. The van der Waals surface area contributed by atoms with Gasteiger partial charge in [-0.25, -0.2) is 0 Å². The van der Waals surface area contributed by atoms with Gasteiger partial charge in [0.15, 0.2) is 5.65 Å². The van der Waals surface area contributed by atoms with Crippen LogP contribution in [0.15, 0.2) is 36.4 Å². The van der Waals surface area contributed by atoms with E-state index in [-0.39, 0.29) is 17.5 Å². The summed E-state index contributed by atoms with van der Waals surface area (Å²) in [6.07, 6.45) is -3.71. The third-order valence-corrected chi connectivity index (χ3v) is 4.86. The number of hydrogen-bond acceptors (Lipinski definition) is 7. The number of carbonyl (C=O) groups is 1. The average molecular weight is 416 g/mol. The highest BCUT2D eigenvalue weighted by Crippen LogP contribution is 2.29. The van der Waals surface area contributed by atoms with Gasteiger partial charge in [-0.15, -0.1) is 15.3 Å². The number of halogens is 3. The average Bonchev–Trinajstić information content (AvgIpc) is 3.18. The maximum atomic E-state index is 13.0.